The number of hydrogen-bond acceptors (Lipinski definition) is 5. The molecule has 2 aromatic rings. The van der Waals surface area contributed by atoms with Crippen LogP contribution in [-0.2, 0) is 0 Å². The highest BCUT2D eigenvalue weighted by atomic mass is 15.1. The maximum Gasteiger partial charge on any atom is 0.180 e. The third-order valence-electron chi connectivity index (χ3n) is 5.56. The van der Waals surface area contributed by atoms with E-state index in [1.165, 1.54) is 5.57 Å². The SMILES string of the molecule is CC1C2C=C(c3cnc4c(NC5CCNCC5)nccn34)C=N[C@@H]12. The van der Waals surface area contributed by atoms with Gasteiger partial charge < -0.3 is 10.6 Å². The average Bonchev–Trinajstić information content (AvgIpc) is 3.06. The lowest BCUT2D eigenvalue weighted by molar-refractivity contribution is 0.478. The van der Waals surface area contributed by atoms with Crippen molar-refractivity contribution in [2.45, 2.75) is 31.8 Å². The van der Waals surface area contributed by atoms with Crippen molar-refractivity contribution in [3.05, 3.63) is 30.4 Å². The van der Waals surface area contributed by atoms with Crippen LogP contribution in [0.3, 0.4) is 0 Å². The first-order valence-corrected chi connectivity index (χ1v) is 8.86. The first kappa shape index (κ1) is 14.2. The minimum absolute atomic E-state index is 0.466. The molecule has 1 aliphatic carbocycles. The van der Waals surface area contributed by atoms with Crippen molar-refractivity contribution in [3.63, 3.8) is 0 Å². The Hall–Kier alpha value is -2.21. The molecule has 6 nitrogen and oxygen atoms in total. The second-order valence-corrected chi connectivity index (χ2v) is 7.11. The van der Waals surface area contributed by atoms with E-state index in [1.807, 2.05) is 24.8 Å². The van der Waals surface area contributed by atoms with Gasteiger partial charge in [0.25, 0.3) is 0 Å². The zero-order valence-corrected chi connectivity index (χ0v) is 13.8. The molecule has 2 fully saturated rings. The number of rotatable bonds is 3. The van der Waals surface area contributed by atoms with Crippen LogP contribution in [0, 0.1) is 11.8 Å². The summed E-state index contributed by atoms with van der Waals surface area (Å²) in [6.07, 6.45) is 12.4. The molecule has 1 saturated heterocycles. The summed E-state index contributed by atoms with van der Waals surface area (Å²) in [5, 5.41) is 6.97. The Kier molecular flexibility index (Phi) is 3.19. The molecule has 4 heterocycles. The van der Waals surface area contributed by atoms with Gasteiger partial charge in [-0.1, -0.05) is 13.0 Å². The molecular formula is C18H22N6. The Morgan fingerprint density at radius 1 is 1.25 bits per heavy atom. The van der Waals surface area contributed by atoms with Crippen LogP contribution in [0.15, 0.2) is 29.7 Å². The molecule has 2 unspecified atom stereocenters. The van der Waals surface area contributed by atoms with Crippen LogP contribution in [-0.4, -0.2) is 45.8 Å². The van der Waals surface area contributed by atoms with Crippen molar-refractivity contribution in [2.75, 3.05) is 18.4 Å². The van der Waals surface area contributed by atoms with E-state index < -0.39 is 0 Å². The maximum atomic E-state index is 4.67. The lowest BCUT2D eigenvalue weighted by Gasteiger charge is -2.24. The number of anilines is 1. The van der Waals surface area contributed by atoms with E-state index in [4.69, 9.17) is 0 Å². The number of piperidine rings is 1. The molecule has 0 amide bonds. The normalized spacial score (nSPS) is 29.4. The number of aromatic nitrogens is 3. The first-order valence-electron chi connectivity index (χ1n) is 8.86. The highest BCUT2D eigenvalue weighted by Crippen LogP contribution is 2.46. The maximum absolute atomic E-state index is 4.67. The third-order valence-corrected chi connectivity index (χ3v) is 5.56. The average molecular weight is 322 g/mol. The smallest absolute Gasteiger partial charge is 0.180 e. The van der Waals surface area contributed by atoms with E-state index in [0.29, 0.717) is 23.9 Å². The molecule has 5 rings (SSSR count). The molecule has 0 aromatic carbocycles. The van der Waals surface area contributed by atoms with Crippen molar-refractivity contribution < 1.29 is 0 Å². The summed E-state index contributed by atoms with van der Waals surface area (Å²) in [4.78, 5) is 13.8. The van der Waals surface area contributed by atoms with Gasteiger partial charge in [-0.2, -0.15) is 0 Å². The van der Waals surface area contributed by atoms with Gasteiger partial charge in [-0.15, -0.1) is 0 Å². The molecule has 0 bridgehead atoms. The Morgan fingerprint density at radius 2 is 2.12 bits per heavy atom. The number of imidazole rings is 1. The summed E-state index contributed by atoms with van der Waals surface area (Å²) in [6.45, 7) is 4.39. The van der Waals surface area contributed by atoms with Crippen molar-refractivity contribution in [1.82, 2.24) is 19.7 Å². The van der Waals surface area contributed by atoms with Crippen LogP contribution in [0.25, 0.3) is 11.2 Å². The van der Waals surface area contributed by atoms with Gasteiger partial charge in [-0.3, -0.25) is 9.39 Å². The van der Waals surface area contributed by atoms with Crippen molar-refractivity contribution in [3.8, 4) is 0 Å². The predicted molar refractivity (Wildman–Crippen MR) is 95.4 cm³/mol. The number of nitrogens with zero attached hydrogens (tertiary/aromatic N) is 4. The lowest BCUT2D eigenvalue weighted by Crippen LogP contribution is -2.35. The molecule has 0 radical (unpaired) electrons. The van der Waals surface area contributed by atoms with Gasteiger partial charge in [0.05, 0.1) is 17.9 Å². The number of hydrogen-bond donors (Lipinski definition) is 2. The van der Waals surface area contributed by atoms with Crippen LogP contribution >= 0.6 is 0 Å². The van der Waals surface area contributed by atoms with Gasteiger partial charge in [0.15, 0.2) is 11.5 Å². The molecule has 1 saturated carbocycles. The zero-order valence-electron chi connectivity index (χ0n) is 13.8. The largest absolute Gasteiger partial charge is 0.364 e. The monoisotopic (exact) mass is 322 g/mol. The van der Waals surface area contributed by atoms with E-state index in [2.05, 4.69) is 43.0 Å². The third kappa shape index (κ3) is 2.24. The quantitative estimate of drug-likeness (QED) is 0.907. The molecule has 6 heteroatoms. The molecule has 2 aromatic heterocycles. The number of fused-ring (bicyclic) bond motifs is 2. The molecule has 3 atom stereocenters. The fourth-order valence-electron chi connectivity index (χ4n) is 3.92. The van der Waals surface area contributed by atoms with Crippen LogP contribution in [0.5, 0.6) is 0 Å². The van der Waals surface area contributed by atoms with Gasteiger partial charge in [0.2, 0.25) is 0 Å². The summed E-state index contributed by atoms with van der Waals surface area (Å²) in [5.41, 5.74) is 3.17. The summed E-state index contributed by atoms with van der Waals surface area (Å²) in [5.74, 6) is 2.16. The lowest BCUT2D eigenvalue weighted by atomic mass is 10.1. The van der Waals surface area contributed by atoms with Crippen LogP contribution in [0.4, 0.5) is 5.82 Å². The highest BCUT2D eigenvalue weighted by molar-refractivity contribution is 6.10. The Labute approximate surface area is 141 Å². The van der Waals surface area contributed by atoms with Crippen molar-refractivity contribution >= 4 is 23.3 Å². The molecule has 2 N–H and O–H groups in total. The van der Waals surface area contributed by atoms with Crippen molar-refractivity contribution in [2.24, 2.45) is 16.8 Å². The Bertz CT molecular complexity index is 829. The summed E-state index contributed by atoms with van der Waals surface area (Å²) in [6, 6.07) is 0.973. The highest BCUT2D eigenvalue weighted by Gasteiger charge is 2.46. The van der Waals surface area contributed by atoms with Crippen molar-refractivity contribution in [1.29, 1.82) is 0 Å². The standard InChI is InChI=1S/C18H22N6/c1-11-14-8-12(9-21-16(11)14)15-10-22-18-17(20-6-7-24(15)18)23-13-2-4-19-5-3-13/h6-11,13-14,16,19H,2-5H2,1H3,(H,20,23)/t11?,14?,16-/m0/s1. The summed E-state index contributed by atoms with van der Waals surface area (Å²) in [7, 11) is 0. The number of allylic oxidation sites excluding steroid dienone is 1. The number of nitrogens with one attached hydrogen (secondary N) is 2. The second kappa shape index (κ2) is 5.41. The van der Waals surface area contributed by atoms with Crippen LogP contribution < -0.4 is 10.6 Å². The molecule has 124 valence electrons. The van der Waals surface area contributed by atoms with Gasteiger partial charge >= 0.3 is 0 Å². The topological polar surface area (TPSA) is 66.6 Å². The Balaban J connectivity index is 1.48. The molecule has 24 heavy (non-hydrogen) atoms. The van der Waals surface area contributed by atoms with E-state index in [9.17, 15) is 0 Å². The van der Waals surface area contributed by atoms with E-state index in [-0.39, 0.29) is 0 Å². The van der Waals surface area contributed by atoms with Crippen LogP contribution in [0.2, 0.25) is 0 Å². The van der Waals surface area contributed by atoms with Gasteiger partial charge in [0.1, 0.15) is 0 Å². The molecule has 0 spiro atoms. The first-order chi connectivity index (χ1) is 11.8. The number of aliphatic imine (C=N–C) groups is 1. The van der Waals surface area contributed by atoms with E-state index in [0.717, 1.165) is 43.1 Å². The van der Waals surface area contributed by atoms with Gasteiger partial charge in [0, 0.05) is 36.1 Å². The molecule has 3 aliphatic rings. The summed E-state index contributed by atoms with van der Waals surface area (Å²) < 4.78 is 2.13. The van der Waals surface area contributed by atoms with Crippen LogP contribution in [0.1, 0.15) is 25.5 Å². The zero-order chi connectivity index (χ0) is 16.1. The van der Waals surface area contributed by atoms with Gasteiger partial charge in [-0.25, -0.2) is 9.97 Å². The fraction of sp³-hybridized carbons (Fsp3) is 0.500. The van der Waals surface area contributed by atoms with E-state index >= 15 is 0 Å². The molecule has 2 aliphatic heterocycles. The molecular weight excluding hydrogens is 300 g/mol. The Morgan fingerprint density at radius 3 is 2.96 bits per heavy atom. The van der Waals surface area contributed by atoms with Gasteiger partial charge in [-0.05, 0) is 31.8 Å². The second-order valence-electron chi connectivity index (χ2n) is 7.11. The minimum Gasteiger partial charge on any atom is -0.364 e. The number of dihydropyridines is 1. The fourth-order valence-corrected chi connectivity index (χ4v) is 3.92. The predicted octanol–water partition coefficient (Wildman–Crippen LogP) is 2.00. The minimum atomic E-state index is 0.466. The van der Waals surface area contributed by atoms with E-state index in [1.54, 1.807) is 0 Å². The summed E-state index contributed by atoms with van der Waals surface area (Å²) >= 11 is 0.